The van der Waals surface area contributed by atoms with Crippen molar-refractivity contribution in [3.63, 3.8) is 0 Å². The van der Waals surface area contributed by atoms with Crippen molar-refractivity contribution in [2.45, 2.75) is 45.6 Å². The van der Waals surface area contributed by atoms with E-state index in [0.717, 1.165) is 13.1 Å². The average molecular weight is 254 g/mol. The number of aryl methyl sites for hydroxylation is 1. The van der Waals surface area contributed by atoms with E-state index in [1.54, 1.807) is 0 Å². The van der Waals surface area contributed by atoms with Crippen molar-refractivity contribution in [1.29, 1.82) is 0 Å². The normalized spacial score (nSPS) is 13.1. The number of thiophene rings is 1. The minimum absolute atomic E-state index is 0.136. The van der Waals surface area contributed by atoms with Crippen LogP contribution >= 0.6 is 11.3 Å². The van der Waals surface area contributed by atoms with Crippen LogP contribution in [-0.4, -0.2) is 25.7 Å². The number of hydrogen-bond donors (Lipinski definition) is 2. The highest BCUT2D eigenvalue weighted by molar-refractivity contribution is 7.10. The Balaban J connectivity index is 2.65. The summed E-state index contributed by atoms with van der Waals surface area (Å²) in [6.07, 6.45) is 0. The van der Waals surface area contributed by atoms with E-state index in [1.807, 2.05) is 18.4 Å². The molecule has 1 rings (SSSR count). The summed E-state index contributed by atoms with van der Waals surface area (Å²) in [4.78, 5) is 1.49. The Morgan fingerprint density at radius 3 is 2.29 bits per heavy atom. The van der Waals surface area contributed by atoms with Crippen LogP contribution < -0.4 is 10.6 Å². The average Bonchev–Trinajstić information content (AvgIpc) is 2.63. The molecule has 0 unspecified atom stereocenters. The monoisotopic (exact) mass is 254 g/mol. The molecule has 0 bridgehead atoms. The van der Waals surface area contributed by atoms with Gasteiger partial charge in [0.1, 0.15) is 0 Å². The Kier molecular flexibility index (Phi) is 4.76. The molecule has 0 aliphatic carbocycles. The molecule has 1 aromatic rings. The second kappa shape index (κ2) is 5.51. The lowest BCUT2D eigenvalue weighted by atomic mass is 9.88. The van der Waals surface area contributed by atoms with Gasteiger partial charge in [0, 0.05) is 28.9 Å². The zero-order chi connectivity index (χ0) is 13.1. The van der Waals surface area contributed by atoms with Crippen LogP contribution in [0.1, 0.15) is 38.1 Å². The van der Waals surface area contributed by atoms with Gasteiger partial charge in [-0.05, 0) is 44.8 Å². The molecule has 0 aliphatic rings. The van der Waals surface area contributed by atoms with Gasteiger partial charge in [0.25, 0.3) is 0 Å². The first-order chi connectivity index (χ1) is 7.78. The van der Waals surface area contributed by atoms with Crippen molar-refractivity contribution in [2.24, 2.45) is 0 Å². The molecule has 0 spiro atoms. The van der Waals surface area contributed by atoms with Gasteiger partial charge in [0.15, 0.2) is 0 Å². The molecule has 2 N–H and O–H groups in total. The van der Waals surface area contributed by atoms with E-state index < -0.39 is 0 Å². The molecular weight excluding hydrogens is 228 g/mol. The van der Waals surface area contributed by atoms with Gasteiger partial charge in [-0.2, -0.15) is 0 Å². The molecule has 0 amide bonds. The Bertz CT molecular complexity index is 353. The minimum atomic E-state index is 0.136. The molecule has 2 nitrogen and oxygen atoms in total. The molecule has 1 aromatic heterocycles. The fraction of sp³-hybridized carbons (Fsp3) is 0.714. The molecule has 17 heavy (non-hydrogen) atoms. The third-order valence-electron chi connectivity index (χ3n) is 3.10. The standard InChI is InChI=1S/C14H26N2S/c1-11-7-8-17-12(11)13(2,3)9-16-14(4,5)10-15-6/h7-8,15-16H,9-10H2,1-6H3. The molecule has 0 atom stereocenters. The van der Waals surface area contributed by atoms with Gasteiger partial charge in [-0.1, -0.05) is 13.8 Å². The lowest BCUT2D eigenvalue weighted by Gasteiger charge is -2.32. The maximum absolute atomic E-state index is 3.66. The smallest absolute Gasteiger partial charge is 0.0249 e. The maximum atomic E-state index is 3.66. The van der Waals surface area contributed by atoms with Gasteiger partial charge in [-0.3, -0.25) is 0 Å². The van der Waals surface area contributed by atoms with Crippen molar-refractivity contribution in [3.8, 4) is 0 Å². The summed E-state index contributed by atoms with van der Waals surface area (Å²) in [6, 6.07) is 2.21. The van der Waals surface area contributed by atoms with Crippen LogP contribution in [0.5, 0.6) is 0 Å². The van der Waals surface area contributed by atoms with Crippen molar-refractivity contribution >= 4 is 11.3 Å². The molecular formula is C14H26N2S. The molecule has 0 aromatic carbocycles. The summed E-state index contributed by atoms with van der Waals surface area (Å²) >= 11 is 1.86. The van der Waals surface area contributed by atoms with Crippen LogP contribution in [0.2, 0.25) is 0 Å². The van der Waals surface area contributed by atoms with Crippen LogP contribution in [0.15, 0.2) is 11.4 Å². The SMILES string of the molecule is CNCC(C)(C)NCC(C)(C)c1sccc1C. The molecule has 3 heteroatoms. The second-order valence-corrected chi connectivity index (χ2v) is 7.00. The number of likely N-dealkylation sites (N-methyl/N-ethyl adjacent to an activating group) is 1. The third kappa shape index (κ3) is 4.09. The highest BCUT2D eigenvalue weighted by atomic mass is 32.1. The summed E-state index contributed by atoms with van der Waals surface area (Å²) in [7, 11) is 2.00. The molecule has 1 heterocycles. The highest BCUT2D eigenvalue weighted by Crippen LogP contribution is 2.30. The first kappa shape index (κ1) is 14.7. The summed E-state index contributed by atoms with van der Waals surface area (Å²) in [5, 5.41) is 9.08. The van der Waals surface area contributed by atoms with Gasteiger partial charge in [-0.25, -0.2) is 0 Å². The zero-order valence-electron chi connectivity index (χ0n) is 12.0. The predicted octanol–water partition coefficient (Wildman–Crippen LogP) is 2.92. The van der Waals surface area contributed by atoms with E-state index in [4.69, 9.17) is 0 Å². The molecule has 0 fully saturated rings. The number of rotatable bonds is 6. The zero-order valence-corrected chi connectivity index (χ0v) is 12.8. The van der Waals surface area contributed by atoms with Gasteiger partial charge < -0.3 is 10.6 Å². The lowest BCUT2D eigenvalue weighted by Crippen LogP contribution is -2.50. The van der Waals surface area contributed by atoms with E-state index >= 15 is 0 Å². The number of hydrogen-bond acceptors (Lipinski definition) is 3. The minimum Gasteiger partial charge on any atom is -0.318 e. The first-order valence-electron chi connectivity index (χ1n) is 6.23. The lowest BCUT2D eigenvalue weighted by molar-refractivity contribution is 0.334. The van der Waals surface area contributed by atoms with Crippen molar-refractivity contribution < 1.29 is 0 Å². The van der Waals surface area contributed by atoms with E-state index in [2.05, 4.69) is 56.7 Å². The molecule has 0 aliphatic heterocycles. The van der Waals surface area contributed by atoms with E-state index in [0.29, 0.717) is 0 Å². The van der Waals surface area contributed by atoms with Crippen molar-refractivity contribution in [2.75, 3.05) is 20.1 Å². The summed E-state index contributed by atoms with van der Waals surface area (Å²) in [5.74, 6) is 0. The van der Waals surface area contributed by atoms with E-state index in [9.17, 15) is 0 Å². The van der Waals surface area contributed by atoms with Crippen LogP contribution in [0.3, 0.4) is 0 Å². The quantitative estimate of drug-likeness (QED) is 0.815. The Morgan fingerprint density at radius 2 is 1.82 bits per heavy atom. The van der Waals surface area contributed by atoms with E-state index in [-0.39, 0.29) is 11.0 Å². The predicted molar refractivity (Wildman–Crippen MR) is 78.1 cm³/mol. The van der Waals surface area contributed by atoms with Gasteiger partial charge in [-0.15, -0.1) is 11.3 Å². The highest BCUT2D eigenvalue weighted by Gasteiger charge is 2.26. The van der Waals surface area contributed by atoms with Gasteiger partial charge >= 0.3 is 0 Å². The fourth-order valence-corrected chi connectivity index (χ4v) is 3.16. The Morgan fingerprint density at radius 1 is 1.18 bits per heavy atom. The number of nitrogens with one attached hydrogen (secondary N) is 2. The summed E-state index contributed by atoms with van der Waals surface area (Å²) < 4.78 is 0. The maximum Gasteiger partial charge on any atom is 0.0249 e. The van der Waals surface area contributed by atoms with Crippen LogP contribution in [0.25, 0.3) is 0 Å². The summed E-state index contributed by atoms with van der Waals surface area (Å²) in [5.41, 5.74) is 1.74. The Hall–Kier alpha value is -0.380. The van der Waals surface area contributed by atoms with Crippen molar-refractivity contribution in [3.05, 3.63) is 21.9 Å². The van der Waals surface area contributed by atoms with Crippen LogP contribution in [0.4, 0.5) is 0 Å². The van der Waals surface area contributed by atoms with Crippen molar-refractivity contribution in [1.82, 2.24) is 10.6 Å². The third-order valence-corrected chi connectivity index (χ3v) is 4.49. The van der Waals surface area contributed by atoms with Crippen LogP contribution in [-0.2, 0) is 5.41 Å². The summed E-state index contributed by atoms with van der Waals surface area (Å²) in [6.45, 7) is 13.3. The fourth-order valence-electron chi connectivity index (χ4n) is 2.11. The molecule has 0 saturated carbocycles. The van der Waals surface area contributed by atoms with Gasteiger partial charge in [0.2, 0.25) is 0 Å². The van der Waals surface area contributed by atoms with E-state index in [1.165, 1.54) is 10.4 Å². The Labute approximate surface area is 110 Å². The molecule has 0 radical (unpaired) electrons. The molecule has 0 saturated heterocycles. The topological polar surface area (TPSA) is 24.1 Å². The first-order valence-corrected chi connectivity index (χ1v) is 7.11. The largest absolute Gasteiger partial charge is 0.318 e. The van der Waals surface area contributed by atoms with Crippen LogP contribution in [0, 0.1) is 6.92 Å². The van der Waals surface area contributed by atoms with Gasteiger partial charge in [0.05, 0.1) is 0 Å². The molecule has 98 valence electrons. The second-order valence-electron chi connectivity index (χ2n) is 6.08.